The fourth-order valence-electron chi connectivity index (χ4n) is 3.25. The Morgan fingerprint density at radius 3 is 2.21 bits per heavy atom. The van der Waals surface area contributed by atoms with E-state index in [1.165, 1.54) is 10.6 Å². The summed E-state index contributed by atoms with van der Waals surface area (Å²) in [5, 5.41) is 2.96. The van der Waals surface area contributed by atoms with Gasteiger partial charge in [-0.25, -0.2) is 8.42 Å². The molecule has 0 aromatic heterocycles. The molecule has 29 heavy (non-hydrogen) atoms. The standard InChI is InChI=1S/C22H30N2O4S/c1-16-13-17(2)15-20(14-16)24(29(5,26)27)12-6-7-22(25)23-18(3)19-8-10-21(28-4)11-9-19/h8-11,13-15,18H,6-7,12H2,1-5H3,(H,23,25)/t18-/m1/s1. The van der Waals surface area contributed by atoms with Crippen molar-refractivity contribution in [1.82, 2.24) is 5.32 Å². The zero-order valence-electron chi connectivity index (χ0n) is 17.7. The lowest BCUT2D eigenvalue weighted by Gasteiger charge is -2.23. The van der Waals surface area contributed by atoms with Crippen LogP contribution in [-0.2, 0) is 14.8 Å². The third-order valence-corrected chi connectivity index (χ3v) is 5.85. The summed E-state index contributed by atoms with van der Waals surface area (Å²) in [6, 6.07) is 13.1. The maximum atomic E-state index is 12.3. The molecule has 0 spiro atoms. The second kappa shape index (κ2) is 9.78. The Bertz CT molecular complexity index is 920. The molecule has 2 aromatic carbocycles. The SMILES string of the molecule is COc1ccc([C@@H](C)NC(=O)CCCN(c2cc(C)cc(C)c2)S(C)(=O)=O)cc1. The number of benzene rings is 2. The molecule has 0 aliphatic carbocycles. The first-order valence-electron chi connectivity index (χ1n) is 9.59. The molecular weight excluding hydrogens is 388 g/mol. The van der Waals surface area contributed by atoms with Gasteiger partial charge in [-0.15, -0.1) is 0 Å². The predicted molar refractivity (Wildman–Crippen MR) is 117 cm³/mol. The van der Waals surface area contributed by atoms with Crippen LogP contribution in [0.5, 0.6) is 5.75 Å². The second-order valence-corrected chi connectivity index (χ2v) is 9.25. The Morgan fingerprint density at radius 1 is 1.10 bits per heavy atom. The first kappa shape index (κ1) is 22.7. The van der Waals surface area contributed by atoms with E-state index in [1.807, 2.05) is 63.2 Å². The van der Waals surface area contributed by atoms with E-state index in [-0.39, 0.29) is 24.9 Å². The first-order valence-corrected chi connectivity index (χ1v) is 11.4. The highest BCUT2D eigenvalue weighted by Crippen LogP contribution is 2.22. The van der Waals surface area contributed by atoms with Crippen LogP contribution in [0.3, 0.4) is 0 Å². The zero-order valence-corrected chi connectivity index (χ0v) is 18.5. The van der Waals surface area contributed by atoms with Gasteiger partial charge in [0.2, 0.25) is 15.9 Å². The van der Waals surface area contributed by atoms with Crippen LogP contribution in [0.1, 0.15) is 42.5 Å². The Morgan fingerprint density at radius 2 is 1.69 bits per heavy atom. The third kappa shape index (κ3) is 6.78. The number of amides is 1. The van der Waals surface area contributed by atoms with Gasteiger partial charge in [0.05, 0.1) is 25.1 Å². The largest absolute Gasteiger partial charge is 0.497 e. The van der Waals surface area contributed by atoms with Crippen molar-refractivity contribution in [3.05, 3.63) is 59.2 Å². The van der Waals surface area contributed by atoms with Gasteiger partial charge in [-0.2, -0.15) is 0 Å². The Kier molecular flexibility index (Phi) is 7.67. The smallest absolute Gasteiger partial charge is 0.232 e. The topological polar surface area (TPSA) is 75.7 Å². The van der Waals surface area contributed by atoms with Crippen molar-refractivity contribution in [3.8, 4) is 5.75 Å². The molecular formula is C22H30N2O4S. The maximum absolute atomic E-state index is 12.3. The monoisotopic (exact) mass is 418 g/mol. The van der Waals surface area contributed by atoms with Crippen LogP contribution in [0.4, 0.5) is 5.69 Å². The average molecular weight is 419 g/mol. The van der Waals surface area contributed by atoms with Gasteiger partial charge in [-0.1, -0.05) is 18.2 Å². The van der Waals surface area contributed by atoms with Crippen LogP contribution >= 0.6 is 0 Å². The van der Waals surface area contributed by atoms with E-state index in [2.05, 4.69) is 5.32 Å². The average Bonchev–Trinajstić information content (AvgIpc) is 2.63. The minimum absolute atomic E-state index is 0.109. The molecule has 6 nitrogen and oxygen atoms in total. The molecule has 2 aromatic rings. The molecule has 0 saturated carbocycles. The molecule has 0 fully saturated rings. The minimum atomic E-state index is -3.43. The van der Waals surface area contributed by atoms with Crippen LogP contribution < -0.4 is 14.4 Å². The lowest BCUT2D eigenvalue weighted by Crippen LogP contribution is -2.32. The summed E-state index contributed by atoms with van der Waals surface area (Å²) in [5.41, 5.74) is 3.61. The Labute approximate surface area is 173 Å². The minimum Gasteiger partial charge on any atom is -0.497 e. The number of nitrogens with zero attached hydrogens (tertiary/aromatic N) is 1. The quantitative estimate of drug-likeness (QED) is 0.673. The number of carbonyl (C=O) groups is 1. The van der Waals surface area contributed by atoms with Gasteiger partial charge in [-0.3, -0.25) is 9.10 Å². The summed E-state index contributed by atoms with van der Waals surface area (Å²) in [6.07, 6.45) is 1.87. The van der Waals surface area contributed by atoms with E-state index in [4.69, 9.17) is 4.74 Å². The number of methoxy groups -OCH3 is 1. The molecule has 1 N–H and O–H groups in total. The van der Waals surface area contributed by atoms with Crippen molar-refractivity contribution in [2.24, 2.45) is 0 Å². The summed E-state index contributed by atoms with van der Waals surface area (Å²) in [7, 11) is -1.82. The van der Waals surface area contributed by atoms with Crippen molar-refractivity contribution in [2.45, 2.75) is 39.7 Å². The van der Waals surface area contributed by atoms with Crippen molar-refractivity contribution >= 4 is 21.6 Å². The number of hydrogen-bond donors (Lipinski definition) is 1. The van der Waals surface area contributed by atoms with E-state index in [0.29, 0.717) is 12.1 Å². The Hall–Kier alpha value is -2.54. The van der Waals surface area contributed by atoms with Gasteiger partial charge in [-0.05, 0) is 68.1 Å². The van der Waals surface area contributed by atoms with E-state index in [1.54, 1.807) is 7.11 Å². The van der Waals surface area contributed by atoms with Crippen molar-refractivity contribution in [3.63, 3.8) is 0 Å². The van der Waals surface area contributed by atoms with E-state index in [9.17, 15) is 13.2 Å². The van der Waals surface area contributed by atoms with Gasteiger partial charge < -0.3 is 10.1 Å². The summed E-state index contributed by atoms with van der Waals surface area (Å²) < 4.78 is 31.0. The number of carbonyl (C=O) groups excluding carboxylic acids is 1. The molecule has 1 amide bonds. The van der Waals surface area contributed by atoms with Gasteiger partial charge in [0.1, 0.15) is 5.75 Å². The van der Waals surface area contributed by atoms with Crippen LogP contribution in [0.15, 0.2) is 42.5 Å². The highest BCUT2D eigenvalue weighted by Gasteiger charge is 2.18. The molecule has 2 rings (SSSR count). The molecule has 7 heteroatoms. The molecule has 0 bridgehead atoms. The van der Waals surface area contributed by atoms with Crippen molar-refractivity contribution in [2.75, 3.05) is 24.2 Å². The van der Waals surface area contributed by atoms with Crippen LogP contribution in [0.2, 0.25) is 0 Å². The summed E-state index contributed by atoms with van der Waals surface area (Å²) in [6.45, 7) is 6.04. The molecule has 0 heterocycles. The fraction of sp³-hybridized carbons (Fsp3) is 0.409. The van der Waals surface area contributed by atoms with Crippen LogP contribution in [-0.4, -0.2) is 34.2 Å². The highest BCUT2D eigenvalue weighted by atomic mass is 32.2. The van der Waals surface area contributed by atoms with Crippen LogP contribution in [0, 0.1) is 13.8 Å². The molecule has 0 radical (unpaired) electrons. The lowest BCUT2D eigenvalue weighted by molar-refractivity contribution is -0.121. The lowest BCUT2D eigenvalue weighted by atomic mass is 10.1. The van der Waals surface area contributed by atoms with E-state index < -0.39 is 10.0 Å². The van der Waals surface area contributed by atoms with Crippen molar-refractivity contribution in [1.29, 1.82) is 0 Å². The highest BCUT2D eigenvalue weighted by molar-refractivity contribution is 7.92. The zero-order chi connectivity index (χ0) is 21.6. The number of hydrogen-bond acceptors (Lipinski definition) is 4. The normalized spacial score (nSPS) is 12.3. The third-order valence-electron chi connectivity index (χ3n) is 4.65. The Balaban J connectivity index is 1.95. The molecule has 1 atom stereocenters. The summed E-state index contributed by atoms with van der Waals surface area (Å²) in [5.74, 6) is 0.654. The second-order valence-electron chi connectivity index (χ2n) is 7.35. The van der Waals surface area contributed by atoms with Gasteiger partial charge in [0.15, 0.2) is 0 Å². The number of aryl methyl sites for hydroxylation is 2. The number of ether oxygens (including phenoxy) is 1. The molecule has 0 unspecified atom stereocenters. The molecule has 158 valence electrons. The number of rotatable bonds is 9. The van der Waals surface area contributed by atoms with E-state index in [0.717, 1.165) is 22.4 Å². The molecule has 0 aliphatic rings. The summed E-state index contributed by atoms with van der Waals surface area (Å²) in [4.78, 5) is 12.3. The van der Waals surface area contributed by atoms with Gasteiger partial charge in [0, 0.05) is 13.0 Å². The number of sulfonamides is 1. The predicted octanol–water partition coefficient (Wildman–Crippen LogP) is 3.74. The first-order chi connectivity index (χ1) is 13.6. The van der Waals surface area contributed by atoms with Gasteiger partial charge >= 0.3 is 0 Å². The maximum Gasteiger partial charge on any atom is 0.232 e. The van der Waals surface area contributed by atoms with Crippen LogP contribution in [0.25, 0.3) is 0 Å². The molecule has 0 aliphatic heterocycles. The van der Waals surface area contributed by atoms with Crippen molar-refractivity contribution < 1.29 is 17.9 Å². The van der Waals surface area contributed by atoms with E-state index >= 15 is 0 Å². The summed E-state index contributed by atoms with van der Waals surface area (Å²) >= 11 is 0. The number of anilines is 1. The molecule has 0 saturated heterocycles. The number of nitrogens with one attached hydrogen (secondary N) is 1. The fourth-order valence-corrected chi connectivity index (χ4v) is 4.20. The van der Waals surface area contributed by atoms with Gasteiger partial charge in [0.25, 0.3) is 0 Å².